The average molecular weight is 183 g/mol. The molecular weight excluding hydrogens is 166 g/mol. The number of amides is 2. The predicted octanol–water partition coefficient (Wildman–Crippen LogP) is 1.15. The zero-order valence-electron chi connectivity index (χ0n) is 8.74. The maximum atomic E-state index is 11.5. The van der Waals surface area contributed by atoms with Crippen LogP contribution in [0.5, 0.6) is 0 Å². The van der Waals surface area contributed by atoms with E-state index in [4.69, 9.17) is 5.26 Å². The number of nitrogens with zero attached hydrogens (tertiary/aromatic N) is 3. The van der Waals surface area contributed by atoms with Crippen molar-refractivity contribution in [3.8, 4) is 6.07 Å². The fraction of sp³-hybridized carbons (Fsp3) is 0.778. The van der Waals surface area contributed by atoms with Gasteiger partial charge in [0.2, 0.25) is 0 Å². The normalized spacial score (nSPS) is 11.6. The van der Waals surface area contributed by atoms with Crippen LogP contribution in [0.4, 0.5) is 4.79 Å². The number of carbonyl (C=O) groups is 1. The number of urea groups is 1. The fourth-order valence-electron chi connectivity index (χ4n) is 0.997. The Bertz CT molecular complexity index is 207. The molecular formula is C9H17N3O. The van der Waals surface area contributed by atoms with Crippen LogP contribution in [0.25, 0.3) is 0 Å². The van der Waals surface area contributed by atoms with Crippen molar-refractivity contribution < 1.29 is 4.79 Å². The van der Waals surface area contributed by atoms with E-state index >= 15 is 0 Å². The summed E-state index contributed by atoms with van der Waals surface area (Å²) in [5, 5.41) is 8.60. The van der Waals surface area contributed by atoms with Gasteiger partial charge in [-0.1, -0.05) is 0 Å². The quantitative estimate of drug-likeness (QED) is 0.659. The van der Waals surface area contributed by atoms with Gasteiger partial charge in [0.1, 0.15) is 0 Å². The van der Waals surface area contributed by atoms with Gasteiger partial charge in [-0.05, 0) is 13.8 Å². The first-order chi connectivity index (χ1) is 6.02. The molecule has 1 unspecified atom stereocenters. The molecule has 0 aromatic rings. The predicted molar refractivity (Wildman–Crippen MR) is 51.1 cm³/mol. The summed E-state index contributed by atoms with van der Waals surface area (Å²) >= 11 is 0. The smallest absolute Gasteiger partial charge is 0.319 e. The highest BCUT2D eigenvalue weighted by atomic mass is 16.2. The fourth-order valence-corrected chi connectivity index (χ4v) is 0.997. The highest BCUT2D eigenvalue weighted by Crippen LogP contribution is 2.01. The third kappa shape index (κ3) is 3.79. The minimum absolute atomic E-state index is 0.0374. The molecule has 0 radical (unpaired) electrons. The van der Waals surface area contributed by atoms with Crippen LogP contribution in [-0.2, 0) is 0 Å². The second kappa shape index (κ2) is 5.41. The molecule has 0 bridgehead atoms. The summed E-state index contributed by atoms with van der Waals surface area (Å²) in [6.07, 6.45) is 0. The summed E-state index contributed by atoms with van der Waals surface area (Å²) in [5.74, 6) is -0.108. The highest BCUT2D eigenvalue weighted by Gasteiger charge is 2.15. The van der Waals surface area contributed by atoms with Crippen LogP contribution in [0.3, 0.4) is 0 Å². The topological polar surface area (TPSA) is 47.3 Å². The molecule has 0 spiro atoms. The molecule has 0 N–H and O–H groups in total. The van der Waals surface area contributed by atoms with E-state index in [0.29, 0.717) is 13.1 Å². The van der Waals surface area contributed by atoms with Gasteiger partial charge in [-0.25, -0.2) is 4.79 Å². The van der Waals surface area contributed by atoms with Gasteiger partial charge in [-0.3, -0.25) is 0 Å². The molecule has 13 heavy (non-hydrogen) atoms. The molecule has 2 amide bonds. The van der Waals surface area contributed by atoms with Gasteiger partial charge in [-0.2, -0.15) is 5.26 Å². The van der Waals surface area contributed by atoms with Gasteiger partial charge in [0.05, 0.1) is 12.0 Å². The Hall–Kier alpha value is -1.24. The summed E-state index contributed by atoms with van der Waals surface area (Å²) in [6.45, 7) is 4.87. The Labute approximate surface area is 79.7 Å². The van der Waals surface area contributed by atoms with Crippen molar-refractivity contribution in [2.75, 3.05) is 27.2 Å². The van der Waals surface area contributed by atoms with Gasteiger partial charge in [0, 0.05) is 27.2 Å². The van der Waals surface area contributed by atoms with Crippen LogP contribution in [0.2, 0.25) is 0 Å². The number of carbonyl (C=O) groups excluding carboxylic acids is 1. The second-order valence-electron chi connectivity index (χ2n) is 3.25. The molecule has 0 aliphatic carbocycles. The standard InChI is InChI=1S/C9H17N3O/c1-5-12(7-8(2)6-10)9(13)11(3)4/h8H,5,7H2,1-4H3. The van der Waals surface area contributed by atoms with E-state index in [1.54, 1.807) is 19.0 Å². The minimum Gasteiger partial charge on any atom is -0.331 e. The number of hydrogen-bond acceptors (Lipinski definition) is 2. The summed E-state index contributed by atoms with van der Waals surface area (Å²) < 4.78 is 0. The number of hydrogen-bond donors (Lipinski definition) is 0. The van der Waals surface area contributed by atoms with Crippen molar-refractivity contribution in [3.05, 3.63) is 0 Å². The maximum absolute atomic E-state index is 11.5. The van der Waals surface area contributed by atoms with E-state index in [0.717, 1.165) is 0 Å². The first kappa shape index (κ1) is 11.8. The Balaban J connectivity index is 4.20. The Morgan fingerprint density at radius 2 is 2.08 bits per heavy atom. The molecule has 0 aromatic heterocycles. The Kier molecular flexibility index (Phi) is 4.90. The molecule has 4 nitrogen and oxygen atoms in total. The van der Waals surface area contributed by atoms with E-state index in [2.05, 4.69) is 6.07 Å². The largest absolute Gasteiger partial charge is 0.331 e. The highest BCUT2D eigenvalue weighted by molar-refractivity contribution is 5.73. The van der Waals surface area contributed by atoms with Gasteiger partial charge >= 0.3 is 6.03 Å². The number of rotatable bonds is 3. The van der Waals surface area contributed by atoms with E-state index in [1.807, 2.05) is 13.8 Å². The molecule has 1 atom stereocenters. The first-order valence-electron chi connectivity index (χ1n) is 4.38. The van der Waals surface area contributed by atoms with Crippen molar-refractivity contribution in [2.45, 2.75) is 13.8 Å². The summed E-state index contributed by atoms with van der Waals surface area (Å²) in [4.78, 5) is 14.6. The second-order valence-corrected chi connectivity index (χ2v) is 3.25. The maximum Gasteiger partial charge on any atom is 0.319 e. The van der Waals surface area contributed by atoms with Crippen molar-refractivity contribution >= 4 is 6.03 Å². The van der Waals surface area contributed by atoms with E-state index < -0.39 is 0 Å². The molecule has 0 rings (SSSR count). The van der Waals surface area contributed by atoms with Crippen molar-refractivity contribution in [2.24, 2.45) is 5.92 Å². The van der Waals surface area contributed by atoms with Crippen molar-refractivity contribution in [3.63, 3.8) is 0 Å². The lowest BCUT2D eigenvalue weighted by molar-refractivity contribution is 0.170. The zero-order valence-corrected chi connectivity index (χ0v) is 8.74. The van der Waals surface area contributed by atoms with E-state index in [-0.39, 0.29) is 11.9 Å². The lowest BCUT2D eigenvalue weighted by Gasteiger charge is -2.25. The Morgan fingerprint density at radius 3 is 2.38 bits per heavy atom. The molecule has 74 valence electrons. The monoisotopic (exact) mass is 183 g/mol. The summed E-state index contributed by atoms with van der Waals surface area (Å²) in [5.41, 5.74) is 0. The SMILES string of the molecule is CCN(CC(C)C#N)C(=O)N(C)C. The molecule has 0 heterocycles. The van der Waals surface area contributed by atoms with Gasteiger partial charge < -0.3 is 9.80 Å². The zero-order chi connectivity index (χ0) is 10.4. The summed E-state index contributed by atoms with van der Waals surface area (Å²) in [6, 6.07) is 2.07. The Morgan fingerprint density at radius 1 is 1.54 bits per heavy atom. The third-order valence-corrected chi connectivity index (χ3v) is 1.75. The number of nitriles is 1. The first-order valence-corrected chi connectivity index (χ1v) is 4.38. The average Bonchev–Trinajstić information content (AvgIpc) is 2.12. The van der Waals surface area contributed by atoms with Crippen LogP contribution in [0, 0.1) is 17.2 Å². The molecule has 4 heteroatoms. The van der Waals surface area contributed by atoms with E-state index in [9.17, 15) is 4.79 Å². The molecule has 0 aromatic carbocycles. The van der Waals surface area contributed by atoms with Crippen LogP contribution < -0.4 is 0 Å². The van der Waals surface area contributed by atoms with Crippen molar-refractivity contribution in [1.82, 2.24) is 9.80 Å². The molecule has 0 saturated heterocycles. The van der Waals surface area contributed by atoms with E-state index in [1.165, 1.54) is 4.90 Å². The van der Waals surface area contributed by atoms with Crippen LogP contribution in [0.1, 0.15) is 13.8 Å². The van der Waals surface area contributed by atoms with Crippen LogP contribution >= 0.6 is 0 Å². The van der Waals surface area contributed by atoms with Gasteiger partial charge in [0.15, 0.2) is 0 Å². The summed E-state index contributed by atoms with van der Waals surface area (Å²) in [7, 11) is 3.42. The van der Waals surface area contributed by atoms with Gasteiger partial charge in [-0.15, -0.1) is 0 Å². The van der Waals surface area contributed by atoms with Crippen LogP contribution in [0.15, 0.2) is 0 Å². The van der Waals surface area contributed by atoms with Gasteiger partial charge in [0.25, 0.3) is 0 Å². The molecule has 0 aliphatic rings. The van der Waals surface area contributed by atoms with Crippen LogP contribution in [-0.4, -0.2) is 43.0 Å². The minimum atomic E-state index is -0.108. The molecule has 0 saturated carbocycles. The third-order valence-electron chi connectivity index (χ3n) is 1.75. The molecule has 0 fully saturated rings. The lowest BCUT2D eigenvalue weighted by Crippen LogP contribution is -2.41. The van der Waals surface area contributed by atoms with Crippen molar-refractivity contribution in [1.29, 1.82) is 5.26 Å². The lowest BCUT2D eigenvalue weighted by atomic mass is 10.2. The molecule has 0 aliphatic heterocycles.